The van der Waals surface area contributed by atoms with Crippen LogP contribution in [0.3, 0.4) is 0 Å². The lowest BCUT2D eigenvalue weighted by atomic mass is 9.98. The lowest BCUT2D eigenvalue weighted by Gasteiger charge is -2.22. The molecular formula is C27H19N3O4S. The van der Waals surface area contributed by atoms with Gasteiger partial charge in [0.15, 0.2) is 5.43 Å². The first-order valence-electron chi connectivity index (χ1n) is 11.0. The minimum absolute atomic E-state index is 0.0298. The summed E-state index contributed by atoms with van der Waals surface area (Å²) in [5.41, 5.74) is 4.69. The summed E-state index contributed by atoms with van der Waals surface area (Å²) in [6, 6.07) is 21.9. The summed E-state index contributed by atoms with van der Waals surface area (Å²) in [6.45, 7) is 2.31. The molecule has 3 heterocycles. The molecule has 1 amide bonds. The largest absolute Gasteiger partial charge is 0.489 e. The van der Waals surface area contributed by atoms with Gasteiger partial charge in [0.25, 0.3) is 5.91 Å². The number of amides is 1. The van der Waals surface area contributed by atoms with Crippen LogP contribution in [0.25, 0.3) is 11.0 Å². The normalized spacial score (nSPS) is 14.9. The van der Waals surface area contributed by atoms with E-state index in [1.54, 1.807) is 17.6 Å². The fourth-order valence-corrected chi connectivity index (χ4v) is 4.97. The summed E-state index contributed by atoms with van der Waals surface area (Å²) in [5, 5.41) is 8.85. The number of carbonyl (C=O) groups excluding carboxylic acids is 1. The number of hydrogen-bond donors (Lipinski definition) is 0. The number of carbonyl (C=O) groups is 1. The van der Waals surface area contributed by atoms with Crippen molar-refractivity contribution in [2.45, 2.75) is 19.6 Å². The van der Waals surface area contributed by atoms with Crippen LogP contribution in [0.4, 0.5) is 5.13 Å². The van der Waals surface area contributed by atoms with E-state index in [1.165, 1.54) is 16.2 Å². The molecule has 6 rings (SSSR count). The number of aryl methyl sites for hydroxylation is 1. The molecular weight excluding hydrogens is 462 g/mol. The van der Waals surface area contributed by atoms with E-state index in [4.69, 9.17) is 9.15 Å². The highest BCUT2D eigenvalue weighted by atomic mass is 32.1. The smallest absolute Gasteiger partial charge is 0.297 e. The molecule has 35 heavy (non-hydrogen) atoms. The molecule has 5 aromatic rings. The summed E-state index contributed by atoms with van der Waals surface area (Å²) in [6.07, 6.45) is 0. The van der Waals surface area contributed by atoms with Gasteiger partial charge < -0.3 is 9.15 Å². The molecule has 1 atom stereocenters. The van der Waals surface area contributed by atoms with Gasteiger partial charge in [0.05, 0.1) is 17.0 Å². The highest BCUT2D eigenvalue weighted by Gasteiger charge is 2.45. The first-order valence-corrected chi connectivity index (χ1v) is 11.9. The molecule has 0 spiro atoms. The second-order valence-electron chi connectivity index (χ2n) is 8.32. The van der Waals surface area contributed by atoms with Gasteiger partial charge in [-0.3, -0.25) is 14.5 Å². The van der Waals surface area contributed by atoms with E-state index < -0.39 is 11.9 Å². The third kappa shape index (κ3) is 3.68. The van der Waals surface area contributed by atoms with Crippen LogP contribution in [0, 0.1) is 6.92 Å². The SMILES string of the molecule is Cc1ccc2oc3c(c(=O)c2c1)C(c1cccc(OCc2ccccc2)c1)N(c1nncs1)C3=O. The zero-order valence-corrected chi connectivity index (χ0v) is 19.5. The molecule has 0 saturated carbocycles. The summed E-state index contributed by atoms with van der Waals surface area (Å²) in [4.78, 5) is 28.7. The summed E-state index contributed by atoms with van der Waals surface area (Å²) < 4.78 is 12.0. The van der Waals surface area contributed by atoms with E-state index in [0.717, 1.165) is 16.7 Å². The Labute approximate surface area is 204 Å². The van der Waals surface area contributed by atoms with Crippen molar-refractivity contribution in [2.75, 3.05) is 4.90 Å². The van der Waals surface area contributed by atoms with E-state index in [1.807, 2.05) is 67.6 Å². The van der Waals surface area contributed by atoms with Gasteiger partial charge in [-0.25, -0.2) is 0 Å². The molecule has 172 valence electrons. The molecule has 1 unspecified atom stereocenters. The number of fused-ring (bicyclic) bond motifs is 2. The van der Waals surface area contributed by atoms with Crippen molar-refractivity contribution >= 4 is 33.3 Å². The Hall–Kier alpha value is -4.30. The number of hydrogen-bond acceptors (Lipinski definition) is 7. The Morgan fingerprint density at radius 2 is 1.89 bits per heavy atom. The van der Waals surface area contributed by atoms with Crippen LogP contribution in [0.5, 0.6) is 5.75 Å². The molecule has 1 aliphatic rings. The second kappa shape index (κ2) is 8.48. The maximum absolute atomic E-state index is 13.7. The van der Waals surface area contributed by atoms with Gasteiger partial charge in [-0.15, -0.1) is 10.2 Å². The fourth-order valence-electron chi connectivity index (χ4n) is 4.39. The molecule has 3 aromatic carbocycles. The van der Waals surface area contributed by atoms with Gasteiger partial charge in [-0.05, 0) is 42.3 Å². The van der Waals surface area contributed by atoms with Crippen LogP contribution >= 0.6 is 11.3 Å². The molecule has 7 nitrogen and oxygen atoms in total. The molecule has 0 saturated heterocycles. The van der Waals surface area contributed by atoms with Crippen LogP contribution in [0.15, 0.2) is 87.5 Å². The van der Waals surface area contributed by atoms with Gasteiger partial charge in [0, 0.05) is 0 Å². The summed E-state index contributed by atoms with van der Waals surface area (Å²) >= 11 is 1.23. The zero-order chi connectivity index (χ0) is 23.9. The van der Waals surface area contributed by atoms with Crippen molar-refractivity contribution in [3.05, 3.63) is 117 Å². The van der Waals surface area contributed by atoms with Crippen LogP contribution in [0.1, 0.15) is 38.9 Å². The lowest BCUT2D eigenvalue weighted by molar-refractivity contribution is 0.0970. The average Bonchev–Trinajstić information content (AvgIpc) is 3.51. The van der Waals surface area contributed by atoms with Crippen molar-refractivity contribution in [3.63, 3.8) is 0 Å². The lowest BCUT2D eigenvalue weighted by Crippen LogP contribution is -2.29. The van der Waals surface area contributed by atoms with E-state index >= 15 is 0 Å². The average molecular weight is 482 g/mol. The fraction of sp³-hybridized carbons (Fsp3) is 0.111. The number of aromatic nitrogens is 2. The first kappa shape index (κ1) is 21.2. The maximum atomic E-state index is 13.7. The van der Waals surface area contributed by atoms with Crippen molar-refractivity contribution in [2.24, 2.45) is 0 Å². The molecule has 8 heteroatoms. The standard InChI is InChI=1S/C27H19N3O4S/c1-16-10-11-21-20(12-16)24(31)22-23(30(26(32)25(22)34-21)27-29-28-15-35-27)18-8-5-9-19(13-18)33-14-17-6-3-2-4-7-17/h2-13,15,23H,14H2,1H3. The van der Waals surface area contributed by atoms with Crippen LogP contribution in [-0.4, -0.2) is 16.1 Å². The van der Waals surface area contributed by atoms with Gasteiger partial charge in [-0.1, -0.05) is 65.4 Å². The predicted molar refractivity (Wildman–Crippen MR) is 133 cm³/mol. The van der Waals surface area contributed by atoms with E-state index in [2.05, 4.69) is 10.2 Å². The van der Waals surface area contributed by atoms with Crippen molar-refractivity contribution in [1.82, 2.24) is 10.2 Å². The molecule has 1 aliphatic heterocycles. The Balaban J connectivity index is 1.48. The van der Waals surface area contributed by atoms with Crippen molar-refractivity contribution < 1.29 is 13.9 Å². The van der Waals surface area contributed by atoms with E-state index in [0.29, 0.717) is 34.0 Å². The van der Waals surface area contributed by atoms with Gasteiger partial charge in [0.1, 0.15) is 23.4 Å². The molecule has 0 radical (unpaired) electrons. The Kier molecular flexibility index (Phi) is 5.15. The molecule has 0 bridgehead atoms. The summed E-state index contributed by atoms with van der Waals surface area (Å²) in [7, 11) is 0. The monoisotopic (exact) mass is 481 g/mol. The van der Waals surface area contributed by atoms with Crippen LogP contribution < -0.4 is 15.1 Å². The molecule has 2 aromatic heterocycles. The molecule has 0 N–H and O–H groups in total. The second-order valence-corrected chi connectivity index (χ2v) is 9.13. The molecule has 0 fully saturated rings. The van der Waals surface area contributed by atoms with Crippen molar-refractivity contribution in [1.29, 1.82) is 0 Å². The third-order valence-corrected chi connectivity index (χ3v) is 6.69. The molecule has 0 aliphatic carbocycles. The number of ether oxygens (including phenoxy) is 1. The van der Waals surface area contributed by atoms with E-state index in [-0.39, 0.29) is 11.2 Å². The minimum Gasteiger partial charge on any atom is -0.489 e. The number of benzene rings is 3. The van der Waals surface area contributed by atoms with Gasteiger partial charge in [-0.2, -0.15) is 0 Å². The first-order chi connectivity index (χ1) is 17.1. The van der Waals surface area contributed by atoms with E-state index in [9.17, 15) is 9.59 Å². The zero-order valence-electron chi connectivity index (χ0n) is 18.7. The third-order valence-electron chi connectivity index (χ3n) is 6.00. The summed E-state index contributed by atoms with van der Waals surface area (Å²) in [5.74, 6) is 0.240. The Morgan fingerprint density at radius 3 is 2.69 bits per heavy atom. The Bertz CT molecular complexity index is 1610. The minimum atomic E-state index is -0.716. The van der Waals surface area contributed by atoms with Gasteiger partial charge >= 0.3 is 0 Å². The topological polar surface area (TPSA) is 85.5 Å². The van der Waals surface area contributed by atoms with Crippen molar-refractivity contribution in [3.8, 4) is 5.75 Å². The number of nitrogens with zero attached hydrogens (tertiary/aromatic N) is 3. The Morgan fingerprint density at radius 1 is 1.03 bits per heavy atom. The quantitative estimate of drug-likeness (QED) is 0.339. The number of anilines is 1. The number of rotatable bonds is 5. The highest BCUT2D eigenvalue weighted by Crippen LogP contribution is 2.42. The van der Waals surface area contributed by atoms with Crippen LogP contribution in [-0.2, 0) is 6.61 Å². The van der Waals surface area contributed by atoms with Crippen LogP contribution in [0.2, 0.25) is 0 Å². The van der Waals surface area contributed by atoms with Gasteiger partial charge in [0.2, 0.25) is 10.9 Å². The maximum Gasteiger partial charge on any atom is 0.297 e. The highest BCUT2D eigenvalue weighted by molar-refractivity contribution is 7.13. The predicted octanol–water partition coefficient (Wildman–Crippen LogP) is 5.28.